The summed E-state index contributed by atoms with van der Waals surface area (Å²) in [5.74, 6) is -0.368. The van der Waals surface area contributed by atoms with E-state index >= 15 is 0 Å². The van der Waals surface area contributed by atoms with Crippen molar-refractivity contribution in [1.29, 1.82) is 0 Å². The van der Waals surface area contributed by atoms with Crippen molar-refractivity contribution in [2.75, 3.05) is 6.54 Å². The van der Waals surface area contributed by atoms with Crippen LogP contribution in [0.4, 0.5) is 0 Å². The summed E-state index contributed by atoms with van der Waals surface area (Å²) in [6.07, 6.45) is 0.746. The first-order valence-electron chi connectivity index (χ1n) is 7.86. The maximum atomic E-state index is 12.4. The zero-order valence-corrected chi connectivity index (χ0v) is 17.2. The fraction of sp³-hybridized carbons (Fsp3) is 0.529. The summed E-state index contributed by atoms with van der Waals surface area (Å²) in [5.41, 5.74) is 5.51. The van der Waals surface area contributed by atoms with Gasteiger partial charge >= 0.3 is 0 Å². The molecule has 5 nitrogen and oxygen atoms in total. The Morgan fingerprint density at radius 3 is 2.36 bits per heavy atom. The topological polar surface area (TPSA) is 84.2 Å². The first-order valence-corrected chi connectivity index (χ1v) is 8.62. The van der Waals surface area contributed by atoms with Crippen LogP contribution < -0.4 is 16.4 Å². The zero-order chi connectivity index (χ0) is 18.5. The number of benzene rings is 1. The molecule has 0 fully saturated rings. The lowest BCUT2D eigenvalue weighted by Crippen LogP contribution is -2.57. The van der Waals surface area contributed by atoms with Gasteiger partial charge in [0.1, 0.15) is 6.04 Å². The third kappa shape index (κ3) is 7.02. The molecular formula is C17H26Cl3N3O2. The van der Waals surface area contributed by atoms with E-state index in [2.05, 4.69) is 24.5 Å². The van der Waals surface area contributed by atoms with Crippen LogP contribution in [0.5, 0.6) is 0 Å². The highest BCUT2D eigenvalue weighted by Crippen LogP contribution is 2.25. The van der Waals surface area contributed by atoms with E-state index in [0.29, 0.717) is 12.5 Å². The summed E-state index contributed by atoms with van der Waals surface area (Å²) in [6, 6.07) is 4.04. The minimum absolute atomic E-state index is 0. The van der Waals surface area contributed by atoms with Crippen LogP contribution >= 0.6 is 35.6 Å². The number of halogens is 3. The number of amides is 2. The Morgan fingerprint density at radius 1 is 1.24 bits per heavy atom. The second-order valence-electron chi connectivity index (χ2n) is 6.65. The Hall–Kier alpha value is -1.01. The van der Waals surface area contributed by atoms with Crippen molar-refractivity contribution in [3.63, 3.8) is 0 Å². The molecule has 0 saturated carbocycles. The summed E-state index contributed by atoms with van der Waals surface area (Å²) in [6.45, 7) is 7.95. The SMILES string of the molecule is CC(C)CC(C)(CN)NC(=O)C(C)NC(=O)c1cccc(Cl)c1Cl.Cl. The second kappa shape index (κ2) is 10.2. The van der Waals surface area contributed by atoms with Gasteiger partial charge in [0.15, 0.2) is 0 Å². The molecule has 0 aliphatic rings. The van der Waals surface area contributed by atoms with Crippen molar-refractivity contribution in [2.24, 2.45) is 11.7 Å². The predicted molar refractivity (Wildman–Crippen MR) is 106 cm³/mol. The van der Waals surface area contributed by atoms with E-state index in [-0.39, 0.29) is 33.9 Å². The Balaban J connectivity index is 0.00000576. The molecule has 0 heterocycles. The molecular weight excluding hydrogens is 385 g/mol. The highest BCUT2D eigenvalue weighted by Gasteiger charge is 2.28. The van der Waals surface area contributed by atoms with E-state index in [0.717, 1.165) is 6.42 Å². The van der Waals surface area contributed by atoms with E-state index in [9.17, 15) is 9.59 Å². The Kier molecular flexibility index (Phi) is 9.80. The number of carbonyl (C=O) groups excluding carboxylic acids is 2. The van der Waals surface area contributed by atoms with Gasteiger partial charge in [-0.25, -0.2) is 0 Å². The molecule has 1 aromatic carbocycles. The minimum Gasteiger partial charge on any atom is -0.348 e. The minimum atomic E-state index is -0.731. The zero-order valence-electron chi connectivity index (χ0n) is 14.9. The van der Waals surface area contributed by atoms with Crippen molar-refractivity contribution in [2.45, 2.75) is 45.7 Å². The van der Waals surface area contributed by atoms with Gasteiger partial charge in [0.05, 0.1) is 15.6 Å². The lowest BCUT2D eigenvalue weighted by molar-refractivity contribution is -0.124. The van der Waals surface area contributed by atoms with Crippen molar-refractivity contribution in [1.82, 2.24) is 10.6 Å². The molecule has 142 valence electrons. The normalized spacial score (nSPS) is 14.2. The molecule has 2 unspecified atom stereocenters. The van der Waals surface area contributed by atoms with Gasteiger partial charge in [0, 0.05) is 12.1 Å². The maximum absolute atomic E-state index is 12.4. The van der Waals surface area contributed by atoms with Crippen LogP contribution in [0.15, 0.2) is 18.2 Å². The predicted octanol–water partition coefficient (Wildman–Crippen LogP) is 3.41. The van der Waals surface area contributed by atoms with Crippen LogP contribution in [-0.2, 0) is 4.79 Å². The summed E-state index contributed by atoms with van der Waals surface area (Å²) in [5, 5.41) is 6.00. The maximum Gasteiger partial charge on any atom is 0.253 e. The van der Waals surface area contributed by atoms with Crippen LogP contribution in [0.25, 0.3) is 0 Å². The van der Waals surface area contributed by atoms with Gasteiger partial charge in [-0.3, -0.25) is 9.59 Å². The van der Waals surface area contributed by atoms with Crippen LogP contribution in [-0.4, -0.2) is 29.9 Å². The fourth-order valence-electron chi connectivity index (χ4n) is 2.51. The van der Waals surface area contributed by atoms with Crippen molar-refractivity contribution in [3.05, 3.63) is 33.8 Å². The Bertz CT molecular complexity index is 611. The molecule has 0 bridgehead atoms. The molecule has 0 saturated heterocycles. The third-order valence-corrected chi connectivity index (χ3v) is 4.49. The molecule has 0 radical (unpaired) electrons. The summed E-state index contributed by atoms with van der Waals surface area (Å²) in [4.78, 5) is 24.7. The molecule has 0 aliphatic carbocycles. The highest BCUT2D eigenvalue weighted by molar-refractivity contribution is 6.43. The molecule has 1 aromatic rings. The van der Waals surface area contributed by atoms with Crippen LogP contribution in [0, 0.1) is 5.92 Å². The number of rotatable bonds is 7. The van der Waals surface area contributed by atoms with Gasteiger partial charge in [-0.2, -0.15) is 0 Å². The van der Waals surface area contributed by atoms with Gasteiger partial charge < -0.3 is 16.4 Å². The van der Waals surface area contributed by atoms with Gasteiger partial charge in [0.2, 0.25) is 5.91 Å². The van der Waals surface area contributed by atoms with Crippen molar-refractivity contribution >= 4 is 47.4 Å². The molecule has 2 amide bonds. The second-order valence-corrected chi connectivity index (χ2v) is 7.43. The summed E-state index contributed by atoms with van der Waals surface area (Å²) in [7, 11) is 0. The largest absolute Gasteiger partial charge is 0.348 e. The molecule has 1 rings (SSSR count). The van der Waals surface area contributed by atoms with Crippen LogP contribution in [0.3, 0.4) is 0 Å². The van der Waals surface area contributed by atoms with Gasteiger partial charge in [-0.15, -0.1) is 12.4 Å². The fourth-order valence-corrected chi connectivity index (χ4v) is 2.90. The molecule has 8 heteroatoms. The smallest absolute Gasteiger partial charge is 0.253 e. The van der Waals surface area contributed by atoms with E-state index in [4.69, 9.17) is 28.9 Å². The Morgan fingerprint density at radius 2 is 1.84 bits per heavy atom. The van der Waals surface area contributed by atoms with Gasteiger partial charge in [0.25, 0.3) is 5.91 Å². The van der Waals surface area contributed by atoms with Crippen LogP contribution in [0.1, 0.15) is 44.5 Å². The average molecular weight is 411 g/mol. The van der Waals surface area contributed by atoms with E-state index in [1.807, 2.05) is 6.92 Å². The standard InChI is InChI=1S/C17H25Cl2N3O2.ClH/c1-10(2)8-17(4,9-20)22-15(23)11(3)21-16(24)12-6-5-7-13(18)14(12)19;/h5-7,10-11H,8-9,20H2,1-4H3,(H,21,24)(H,22,23);1H. The molecule has 0 spiro atoms. The molecule has 0 aliphatic heterocycles. The first-order chi connectivity index (χ1) is 11.1. The number of hydrogen-bond donors (Lipinski definition) is 3. The molecule has 4 N–H and O–H groups in total. The van der Waals surface area contributed by atoms with E-state index in [1.54, 1.807) is 25.1 Å². The summed E-state index contributed by atoms with van der Waals surface area (Å²) < 4.78 is 0. The number of hydrogen-bond acceptors (Lipinski definition) is 3. The van der Waals surface area contributed by atoms with Crippen molar-refractivity contribution in [3.8, 4) is 0 Å². The van der Waals surface area contributed by atoms with Gasteiger partial charge in [-0.05, 0) is 38.3 Å². The molecule has 0 aromatic heterocycles. The van der Waals surface area contributed by atoms with E-state index < -0.39 is 17.5 Å². The lowest BCUT2D eigenvalue weighted by Gasteiger charge is -2.32. The number of carbonyl (C=O) groups is 2. The van der Waals surface area contributed by atoms with Crippen LogP contribution in [0.2, 0.25) is 10.0 Å². The quantitative estimate of drug-likeness (QED) is 0.644. The van der Waals surface area contributed by atoms with Crippen molar-refractivity contribution < 1.29 is 9.59 Å². The first kappa shape index (κ1) is 24.0. The number of nitrogens with one attached hydrogen (secondary N) is 2. The third-order valence-electron chi connectivity index (χ3n) is 3.67. The molecule has 2 atom stereocenters. The molecule has 25 heavy (non-hydrogen) atoms. The Labute approximate surface area is 165 Å². The average Bonchev–Trinajstić information content (AvgIpc) is 2.48. The monoisotopic (exact) mass is 409 g/mol. The van der Waals surface area contributed by atoms with Gasteiger partial charge in [-0.1, -0.05) is 43.1 Å². The summed E-state index contributed by atoms with van der Waals surface area (Å²) >= 11 is 11.9. The number of nitrogens with two attached hydrogens (primary N) is 1. The lowest BCUT2D eigenvalue weighted by atomic mass is 9.90. The highest BCUT2D eigenvalue weighted by atomic mass is 35.5. The van der Waals surface area contributed by atoms with E-state index in [1.165, 1.54) is 0 Å².